The predicted octanol–water partition coefficient (Wildman–Crippen LogP) is 2.05. The van der Waals surface area contributed by atoms with Crippen LogP contribution in [-0.4, -0.2) is 56.6 Å². The van der Waals surface area contributed by atoms with Crippen LogP contribution in [0.5, 0.6) is 0 Å². The zero-order valence-corrected chi connectivity index (χ0v) is 14.7. The Bertz CT molecular complexity index is 299. The van der Waals surface area contributed by atoms with Crippen molar-refractivity contribution in [1.29, 1.82) is 0 Å². The molecule has 22 heavy (non-hydrogen) atoms. The van der Waals surface area contributed by atoms with Gasteiger partial charge in [-0.25, -0.2) is 4.39 Å². The molecule has 1 atom stereocenters. The molecule has 0 rings (SSSR count). The van der Waals surface area contributed by atoms with Gasteiger partial charge >= 0.3 is 0 Å². The van der Waals surface area contributed by atoms with Gasteiger partial charge in [0.2, 0.25) is 5.91 Å². The van der Waals surface area contributed by atoms with Gasteiger partial charge in [-0.3, -0.25) is 4.79 Å². The molecular weight excluding hydrogens is 287 g/mol. The van der Waals surface area contributed by atoms with Gasteiger partial charge in [-0.05, 0) is 33.2 Å². The molecule has 0 saturated carbocycles. The van der Waals surface area contributed by atoms with Gasteiger partial charge < -0.3 is 20.1 Å². The average Bonchev–Trinajstić information content (AvgIpc) is 2.42. The van der Waals surface area contributed by atoms with E-state index in [1.807, 2.05) is 0 Å². The molecule has 1 amide bonds. The second-order valence-corrected chi connectivity index (χ2v) is 6.28. The Morgan fingerprint density at radius 2 is 1.82 bits per heavy atom. The molecule has 2 N–H and O–H groups in total. The van der Waals surface area contributed by atoms with Crippen molar-refractivity contribution < 1.29 is 18.7 Å². The van der Waals surface area contributed by atoms with Crippen LogP contribution < -0.4 is 10.6 Å². The number of alkyl halides is 1. The van der Waals surface area contributed by atoms with Crippen molar-refractivity contribution in [2.45, 2.75) is 65.3 Å². The summed E-state index contributed by atoms with van der Waals surface area (Å²) in [5, 5.41) is 5.79. The second-order valence-electron chi connectivity index (χ2n) is 6.28. The monoisotopic (exact) mass is 320 g/mol. The second kappa shape index (κ2) is 11.8. The Morgan fingerprint density at radius 3 is 2.41 bits per heavy atom. The lowest BCUT2D eigenvalue weighted by molar-refractivity contribution is -0.120. The molecule has 0 aliphatic carbocycles. The zero-order chi connectivity index (χ0) is 17.0. The molecule has 0 bridgehead atoms. The van der Waals surface area contributed by atoms with Crippen LogP contribution in [-0.2, 0) is 14.3 Å². The van der Waals surface area contributed by atoms with Gasteiger partial charge in [0.1, 0.15) is 6.17 Å². The summed E-state index contributed by atoms with van der Waals surface area (Å²) in [6, 6.07) is 0.502. The van der Waals surface area contributed by atoms with E-state index in [0.29, 0.717) is 19.3 Å². The van der Waals surface area contributed by atoms with E-state index in [2.05, 4.69) is 24.5 Å². The highest BCUT2D eigenvalue weighted by molar-refractivity contribution is 5.72. The minimum Gasteiger partial charge on any atom is -0.381 e. The van der Waals surface area contributed by atoms with Crippen molar-refractivity contribution >= 4 is 5.91 Å². The summed E-state index contributed by atoms with van der Waals surface area (Å²) in [6.45, 7) is 11.7. The zero-order valence-electron chi connectivity index (χ0n) is 14.7. The van der Waals surface area contributed by atoms with Gasteiger partial charge in [-0.15, -0.1) is 0 Å². The van der Waals surface area contributed by atoms with E-state index in [-0.39, 0.29) is 12.5 Å². The topological polar surface area (TPSA) is 59.6 Å². The van der Waals surface area contributed by atoms with Crippen LogP contribution in [0.3, 0.4) is 0 Å². The molecule has 0 radical (unpaired) electrons. The maximum Gasteiger partial charge on any atom is 0.216 e. The van der Waals surface area contributed by atoms with E-state index >= 15 is 0 Å². The molecule has 0 saturated heterocycles. The molecule has 1 unspecified atom stereocenters. The average molecular weight is 320 g/mol. The van der Waals surface area contributed by atoms with Gasteiger partial charge in [0.15, 0.2) is 0 Å². The summed E-state index contributed by atoms with van der Waals surface area (Å²) in [4.78, 5) is 10.8. The summed E-state index contributed by atoms with van der Waals surface area (Å²) in [6.07, 6.45) is 0.473. The smallest absolute Gasteiger partial charge is 0.216 e. The number of hydrogen-bond acceptors (Lipinski definition) is 4. The predicted molar refractivity (Wildman–Crippen MR) is 86.8 cm³/mol. The highest BCUT2D eigenvalue weighted by Gasteiger charge is 2.30. The molecular formula is C16H33FN2O3. The number of nitrogens with one attached hydrogen (secondary N) is 2. The lowest BCUT2D eigenvalue weighted by Crippen LogP contribution is -2.43. The lowest BCUT2D eigenvalue weighted by atomic mass is 10.0. The Balaban J connectivity index is 3.57. The molecule has 0 aromatic carbocycles. The Morgan fingerprint density at radius 1 is 1.18 bits per heavy atom. The van der Waals surface area contributed by atoms with Crippen LogP contribution in [0.25, 0.3) is 0 Å². The third-order valence-electron chi connectivity index (χ3n) is 3.21. The summed E-state index contributed by atoms with van der Waals surface area (Å²) < 4.78 is 25.0. The third kappa shape index (κ3) is 11.9. The number of rotatable bonds is 13. The van der Waals surface area contributed by atoms with E-state index in [1.165, 1.54) is 6.92 Å². The van der Waals surface area contributed by atoms with Crippen molar-refractivity contribution in [3.8, 4) is 0 Å². The minimum absolute atomic E-state index is 0.0261. The van der Waals surface area contributed by atoms with Gasteiger partial charge in [-0.2, -0.15) is 0 Å². The van der Waals surface area contributed by atoms with E-state index in [1.54, 1.807) is 13.8 Å². The molecule has 0 aromatic rings. The standard InChI is InChI=1S/C16H33FN2O3/c1-13(2)18-8-6-9-21-10-7-11-22-16(4,5)15(17)12-19-14(3)20/h13,15,18H,6-12H2,1-5H3,(H,19,20). The van der Waals surface area contributed by atoms with Crippen LogP contribution in [0.1, 0.15) is 47.5 Å². The quantitative estimate of drug-likeness (QED) is 0.510. The van der Waals surface area contributed by atoms with Gasteiger partial charge in [0, 0.05) is 32.8 Å². The van der Waals surface area contributed by atoms with Crippen LogP contribution >= 0.6 is 0 Å². The Kier molecular flexibility index (Phi) is 11.4. The van der Waals surface area contributed by atoms with Gasteiger partial charge in [-0.1, -0.05) is 13.8 Å². The number of carbonyl (C=O) groups is 1. The van der Waals surface area contributed by atoms with Crippen molar-refractivity contribution in [2.75, 3.05) is 32.9 Å². The molecule has 0 aromatic heterocycles. The number of carbonyl (C=O) groups excluding carboxylic acids is 1. The van der Waals surface area contributed by atoms with E-state index in [9.17, 15) is 9.18 Å². The van der Waals surface area contributed by atoms with Crippen molar-refractivity contribution in [2.24, 2.45) is 0 Å². The number of halogens is 1. The van der Waals surface area contributed by atoms with Crippen molar-refractivity contribution in [3.63, 3.8) is 0 Å². The molecule has 0 fully saturated rings. The van der Waals surface area contributed by atoms with Crippen molar-refractivity contribution in [1.82, 2.24) is 10.6 Å². The van der Waals surface area contributed by atoms with Crippen LogP contribution in [0.15, 0.2) is 0 Å². The Hall–Kier alpha value is -0.720. The molecule has 0 aliphatic rings. The first kappa shape index (κ1) is 21.3. The van der Waals surface area contributed by atoms with Crippen molar-refractivity contribution in [3.05, 3.63) is 0 Å². The summed E-state index contributed by atoms with van der Waals surface area (Å²) in [5.74, 6) is -0.237. The van der Waals surface area contributed by atoms with Gasteiger partial charge in [0.05, 0.1) is 12.1 Å². The molecule has 5 nitrogen and oxygen atoms in total. The van der Waals surface area contributed by atoms with Crippen LogP contribution in [0.2, 0.25) is 0 Å². The fraction of sp³-hybridized carbons (Fsp3) is 0.938. The first-order chi connectivity index (χ1) is 10.3. The molecule has 0 aliphatic heterocycles. The summed E-state index contributed by atoms with van der Waals surface area (Å²) in [5.41, 5.74) is -0.913. The third-order valence-corrected chi connectivity index (χ3v) is 3.21. The van der Waals surface area contributed by atoms with Crippen LogP contribution in [0.4, 0.5) is 4.39 Å². The number of amides is 1. The molecule has 6 heteroatoms. The van der Waals surface area contributed by atoms with E-state index < -0.39 is 11.8 Å². The summed E-state index contributed by atoms with van der Waals surface area (Å²) >= 11 is 0. The SMILES string of the molecule is CC(=O)NCC(F)C(C)(C)OCCCOCCCNC(C)C. The highest BCUT2D eigenvalue weighted by Crippen LogP contribution is 2.18. The first-order valence-corrected chi connectivity index (χ1v) is 8.09. The van der Waals surface area contributed by atoms with Crippen LogP contribution in [0, 0.1) is 0 Å². The van der Waals surface area contributed by atoms with E-state index in [4.69, 9.17) is 9.47 Å². The number of hydrogen-bond donors (Lipinski definition) is 2. The summed E-state index contributed by atoms with van der Waals surface area (Å²) in [7, 11) is 0. The number of ether oxygens (including phenoxy) is 2. The maximum atomic E-state index is 13.9. The lowest BCUT2D eigenvalue weighted by Gasteiger charge is -2.29. The first-order valence-electron chi connectivity index (χ1n) is 8.09. The highest BCUT2D eigenvalue weighted by atomic mass is 19.1. The van der Waals surface area contributed by atoms with E-state index in [0.717, 1.165) is 26.0 Å². The molecule has 0 heterocycles. The Labute approximate surface area is 134 Å². The fourth-order valence-electron chi connectivity index (χ4n) is 1.73. The minimum atomic E-state index is -1.24. The normalized spacial score (nSPS) is 13.4. The van der Waals surface area contributed by atoms with Gasteiger partial charge in [0.25, 0.3) is 0 Å². The largest absolute Gasteiger partial charge is 0.381 e. The molecule has 132 valence electrons. The fourth-order valence-corrected chi connectivity index (χ4v) is 1.73. The maximum absolute atomic E-state index is 13.9. The molecule has 0 spiro atoms.